The van der Waals surface area contributed by atoms with Gasteiger partial charge in [-0.3, -0.25) is 0 Å². The molecule has 214 valence electrons. The van der Waals surface area contributed by atoms with E-state index in [9.17, 15) is 0 Å². The van der Waals surface area contributed by atoms with Crippen molar-refractivity contribution in [1.29, 1.82) is 0 Å². The summed E-state index contributed by atoms with van der Waals surface area (Å²) in [4.78, 5) is 0. The second kappa shape index (κ2) is 18.1. The van der Waals surface area contributed by atoms with E-state index >= 15 is 0 Å². The Balaban J connectivity index is 1.66. The molecule has 0 N–H and O–H groups in total. The van der Waals surface area contributed by atoms with Gasteiger partial charge in [0, 0.05) is 5.41 Å². The van der Waals surface area contributed by atoms with Gasteiger partial charge in [0.1, 0.15) is 18.4 Å². The standard InChI is InChI=1S/C37H57N2/c1-4-6-8-10-11-12-13-14-15-23-29-38-30-31-39(33-38)36(28-22-9-7-5-2)37(3,35-26-20-17-21-27-35)32-34-24-18-16-19-25-34/h16-21,24-27,30-31,33,36H,4-15,22-23,28-29,32H2,1-3H3/q+1. The van der Waals surface area contributed by atoms with Crippen LogP contribution in [-0.4, -0.2) is 4.57 Å². The monoisotopic (exact) mass is 529 g/mol. The van der Waals surface area contributed by atoms with E-state index in [2.05, 4.69) is 109 Å². The van der Waals surface area contributed by atoms with Crippen molar-refractivity contribution in [3.63, 3.8) is 0 Å². The Morgan fingerprint density at radius 3 is 1.82 bits per heavy atom. The van der Waals surface area contributed by atoms with Crippen LogP contribution in [0.15, 0.2) is 79.4 Å². The molecule has 2 heteroatoms. The smallest absolute Gasteiger partial charge is 0.237 e. The highest BCUT2D eigenvalue weighted by atomic mass is 15.1. The number of aryl methyl sites for hydroxylation is 1. The molecule has 0 aliphatic rings. The second-order valence-electron chi connectivity index (χ2n) is 12.1. The van der Waals surface area contributed by atoms with Gasteiger partial charge in [0.05, 0.1) is 6.54 Å². The first-order chi connectivity index (χ1) is 19.2. The summed E-state index contributed by atoms with van der Waals surface area (Å²) >= 11 is 0. The van der Waals surface area contributed by atoms with E-state index in [1.165, 1.54) is 107 Å². The van der Waals surface area contributed by atoms with Crippen molar-refractivity contribution >= 4 is 0 Å². The van der Waals surface area contributed by atoms with Crippen molar-refractivity contribution in [3.8, 4) is 0 Å². The average Bonchev–Trinajstić information content (AvgIpc) is 3.43. The summed E-state index contributed by atoms with van der Waals surface area (Å²) in [5.41, 5.74) is 2.89. The topological polar surface area (TPSA) is 8.81 Å². The molecule has 0 aliphatic carbocycles. The summed E-state index contributed by atoms with van der Waals surface area (Å²) in [5, 5.41) is 0. The number of aromatic nitrogens is 2. The highest BCUT2D eigenvalue weighted by Crippen LogP contribution is 2.41. The normalized spacial score (nSPS) is 13.8. The molecular formula is C37H57N2+. The Bertz CT molecular complexity index is 993. The summed E-state index contributed by atoms with van der Waals surface area (Å²) in [7, 11) is 0. The van der Waals surface area contributed by atoms with Crippen molar-refractivity contribution in [1.82, 2.24) is 4.57 Å². The molecule has 0 spiro atoms. The fraction of sp³-hybridized carbons (Fsp3) is 0.595. The second-order valence-corrected chi connectivity index (χ2v) is 12.1. The molecule has 3 aromatic rings. The lowest BCUT2D eigenvalue weighted by Crippen LogP contribution is -2.38. The van der Waals surface area contributed by atoms with Gasteiger partial charge in [0.25, 0.3) is 0 Å². The van der Waals surface area contributed by atoms with Crippen molar-refractivity contribution in [2.24, 2.45) is 0 Å². The maximum atomic E-state index is 2.55. The van der Waals surface area contributed by atoms with Crippen LogP contribution in [0.2, 0.25) is 0 Å². The van der Waals surface area contributed by atoms with Crippen LogP contribution in [0.3, 0.4) is 0 Å². The Morgan fingerprint density at radius 1 is 0.667 bits per heavy atom. The number of benzene rings is 2. The summed E-state index contributed by atoms with van der Waals surface area (Å²) < 4.78 is 5.00. The molecule has 0 amide bonds. The molecule has 2 aromatic carbocycles. The molecule has 0 radical (unpaired) electrons. The lowest BCUT2D eigenvalue weighted by molar-refractivity contribution is -0.697. The zero-order chi connectivity index (χ0) is 27.6. The van der Waals surface area contributed by atoms with Gasteiger partial charge in [-0.15, -0.1) is 0 Å². The molecule has 2 nitrogen and oxygen atoms in total. The summed E-state index contributed by atoms with van der Waals surface area (Å²) in [6.45, 7) is 8.25. The zero-order valence-electron chi connectivity index (χ0n) is 25.5. The van der Waals surface area contributed by atoms with E-state index in [0.29, 0.717) is 6.04 Å². The van der Waals surface area contributed by atoms with Crippen LogP contribution in [0.1, 0.15) is 134 Å². The zero-order valence-corrected chi connectivity index (χ0v) is 25.5. The quantitative estimate of drug-likeness (QED) is 0.0958. The van der Waals surface area contributed by atoms with E-state index < -0.39 is 0 Å². The van der Waals surface area contributed by atoms with Crippen molar-refractivity contribution < 1.29 is 4.57 Å². The minimum Gasteiger partial charge on any atom is -0.237 e. The third-order valence-corrected chi connectivity index (χ3v) is 8.76. The van der Waals surface area contributed by atoms with Crippen LogP contribution in [0, 0.1) is 0 Å². The molecule has 1 aromatic heterocycles. The Hall–Kier alpha value is -2.35. The van der Waals surface area contributed by atoms with Gasteiger partial charge in [-0.2, -0.15) is 0 Å². The van der Waals surface area contributed by atoms with Gasteiger partial charge >= 0.3 is 0 Å². The largest absolute Gasteiger partial charge is 0.244 e. The molecule has 0 saturated heterocycles. The molecule has 2 atom stereocenters. The van der Waals surface area contributed by atoms with Crippen LogP contribution in [0.25, 0.3) is 0 Å². The van der Waals surface area contributed by atoms with Gasteiger partial charge in [0.15, 0.2) is 0 Å². The van der Waals surface area contributed by atoms with Crippen LogP contribution in [0.5, 0.6) is 0 Å². The lowest BCUT2D eigenvalue weighted by Gasteiger charge is -2.37. The molecule has 0 fully saturated rings. The summed E-state index contributed by atoms with van der Waals surface area (Å²) in [5.74, 6) is 0. The van der Waals surface area contributed by atoms with Crippen molar-refractivity contribution in [2.75, 3.05) is 0 Å². The van der Waals surface area contributed by atoms with Crippen LogP contribution >= 0.6 is 0 Å². The maximum absolute atomic E-state index is 2.55. The number of rotatable bonds is 21. The van der Waals surface area contributed by atoms with E-state index in [0.717, 1.165) is 13.0 Å². The number of nitrogens with zero attached hydrogens (tertiary/aromatic N) is 2. The Morgan fingerprint density at radius 2 is 1.21 bits per heavy atom. The first kappa shape index (κ1) is 31.2. The van der Waals surface area contributed by atoms with Gasteiger partial charge in [-0.25, -0.2) is 9.13 Å². The third kappa shape index (κ3) is 10.6. The first-order valence-corrected chi connectivity index (χ1v) is 16.3. The molecule has 3 rings (SSSR count). The maximum Gasteiger partial charge on any atom is 0.244 e. The van der Waals surface area contributed by atoms with Crippen molar-refractivity contribution in [2.45, 2.75) is 142 Å². The number of hydrogen-bond donors (Lipinski definition) is 0. The molecule has 1 heterocycles. The predicted octanol–water partition coefficient (Wildman–Crippen LogP) is 10.4. The predicted molar refractivity (Wildman–Crippen MR) is 168 cm³/mol. The molecule has 2 unspecified atom stereocenters. The van der Waals surface area contributed by atoms with Gasteiger partial charge < -0.3 is 0 Å². The van der Waals surface area contributed by atoms with Gasteiger partial charge in [0.2, 0.25) is 6.33 Å². The Kier molecular flexibility index (Phi) is 14.5. The van der Waals surface area contributed by atoms with Crippen LogP contribution in [0.4, 0.5) is 0 Å². The molecule has 39 heavy (non-hydrogen) atoms. The number of imidazole rings is 1. The average molecular weight is 530 g/mol. The first-order valence-electron chi connectivity index (χ1n) is 16.3. The fourth-order valence-electron chi connectivity index (χ4n) is 6.32. The number of unbranched alkanes of at least 4 members (excludes halogenated alkanes) is 12. The van der Waals surface area contributed by atoms with Crippen molar-refractivity contribution in [3.05, 3.63) is 90.5 Å². The van der Waals surface area contributed by atoms with Crippen LogP contribution < -0.4 is 4.57 Å². The highest BCUT2D eigenvalue weighted by Gasteiger charge is 2.40. The molecule has 0 bridgehead atoms. The molecule has 0 saturated carbocycles. The number of hydrogen-bond acceptors (Lipinski definition) is 0. The fourth-order valence-corrected chi connectivity index (χ4v) is 6.32. The van der Waals surface area contributed by atoms with E-state index in [4.69, 9.17) is 0 Å². The molecule has 0 aliphatic heterocycles. The van der Waals surface area contributed by atoms with Gasteiger partial charge in [-0.05, 0) is 43.2 Å². The van der Waals surface area contributed by atoms with E-state index in [1.807, 2.05) is 0 Å². The highest BCUT2D eigenvalue weighted by molar-refractivity contribution is 5.30. The van der Waals surface area contributed by atoms with E-state index in [1.54, 1.807) is 0 Å². The van der Waals surface area contributed by atoms with Crippen LogP contribution in [-0.2, 0) is 18.4 Å². The van der Waals surface area contributed by atoms with Gasteiger partial charge in [-0.1, -0.05) is 152 Å². The third-order valence-electron chi connectivity index (χ3n) is 8.76. The lowest BCUT2D eigenvalue weighted by atomic mass is 9.70. The summed E-state index contributed by atoms with van der Waals surface area (Å²) in [6, 6.07) is 22.8. The Labute approximate surface area is 240 Å². The molecular weight excluding hydrogens is 472 g/mol. The minimum absolute atomic E-state index is 0.0167. The van der Waals surface area contributed by atoms with E-state index in [-0.39, 0.29) is 5.41 Å². The minimum atomic E-state index is 0.0167. The SMILES string of the molecule is CCCCCCCCCCCC[n+]1ccn(C(CCCCCC)C(C)(Cc2ccccc2)c2ccccc2)c1. The summed E-state index contributed by atoms with van der Waals surface area (Å²) in [6.07, 6.45) is 28.5.